The third-order valence-electron chi connectivity index (χ3n) is 13.3. The molecule has 10 heteroatoms. The van der Waals surface area contributed by atoms with Gasteiger partial charge in [-0.05, 0) is 109 Å². The molecule has 0 radical (unpaired) electrons. The molecule has 9 nitrogen and oxygen atoms in total. The Hall–Kier alpha value is -3.07. The molecule has 0 aromatic carbocycles. The quantitative estimate of drug-likeness (QED) is 0.0205. The zero-order valence-electron chi connectivity index (χ0n) is 50.0. The average molecular weight is 1080 g/mol. The molecule has 0 aromatic heterocycles. The van der Waals surface area contributed by atoms with Crippen LogP contribution in [0.1, 0.15) is 258 Å². The van der Waals surface area contributed by atoms with E-state index in [0.717, 1.165) is 122 Å². The highest BCUT2D eigenvalue weighted by Crippen LogP contribution is 2.43. The van der Waals surface area contributed by atoms with Crippen molar-refractivity contribution in [2.75, 3.05) is 40.9 Å². The van der Waals surface area contributed by atoms with E-state index < -0.39 is 20.0 Å². The fourth-order valence-corrected chi connectivity index (χ4v) is 9.20. The van der Waals surface area contributed by atoms with Crippen LogP contribution in [0, 0.1) is 0 Å². The summed E-state index contributed by atoms with van der Waals surface area (Å²) < 4.78 is 30.6. The monoisotopic (exact) mass is 1080 g/mol. The van der Waals surface area contributed by atoms with Gasteiger partial charge < -0.3 is 19.4 Å². The minimum atomic E-state index is -4.46. The van der Waals surface area contributed by atoms with Crippen LogP contribution in [0.2, 0.25) is 0 Å². The number of amides is 1. The largest absolute Gasteiger partial charge is 0.472 e. The van der Waals surface area contributed by atoms with Gasteiger partial charge in [0.15, 0.2) is 0 Å². The van der Waals surface area contributed by atoms with Crippen molar-refractivity contribution >= 4 is 19.7 Å². The number of phosphoric acid groups is 1. The summed E-state index contributed by atoms with van der Waals surface area (Å²) in [6.07, 6.45) is 74.0. The standard InChI is InChI=1S/C66H117N2O7P/c1-7-10-13-16-19-22-25-27-29-31-32-33-34-35-36-37-39-41-44-47-50-53-56-59-66(70)75-64(57-54-51-48-45-42-24-21-18-15-12-9-3)63(62-74-76(71,72)73-61-60-68(4,5)6)67-65(69)58-55-52-49-46-43-40-38-30-28-26-23-20-17-14-11-8-2/h10,13,19,22,27,29-30,32-33,35-36,38-39,41,54,57,63-64H,7-9,11-12,14-18,20-21,23-26,28,31,34,37,40,42-53,55-56,58-62H2,1-6H3,(H-,67,69,71,72)/p+1/b13-10-,22-19-,29-27-,33-32-,36-35-,38-30+,41-39-,57-54-. The molecule has 3 unspecified atom stereocenters. The van der Waals surface area contributed by atoms with E-state index in [-0.39, 0.29) is 31.5 Å². The molecule has 0 aliphatic carbocycles. The Kier molecular flexibility index (Phi) is 53.0. The summed E-state index contributed by atoms with van der Waals surface area (Å²) in [6, 6.07) is -0.868. The number of esters is 1. The number of carbonyl (C=O) groups is 2. The molecular weight excluding hydrogens is 964 g/mol. The van der Waals surface area contributed by atoms with E-state index in [1.54, 1.807) is 0 Å². The molecule has 0 saturated heterocycles. The Bertz CT molecular complexity index is 1620. The molecule has 0 aliphatic rings. The van der Waals surface area contributed by atoms with E-state index in [9.17, 15) is 19.0 Å². The lowest BCUT2D eigenvalue weighted by molar-refractivity contribution is -0.870. The number of phosphoric ester groups is 1. The number of nitrogens with zero attached hydrogens (tertiary/aromatic N) is 1. The van der Waals surface area contributed by atoms with Crippen molar-refractivity contribution in [3.8, 4) is 0 Å². The van der Waals surface area contributed by atoms with Gasteiger partial charge in [0.05, 0.1) is 33.8 Å². The van der Waals surface area contributed by atoms with Gasteiger partial charge in [-0.3, -0.25) is 18.6 Å². The summed E-state index contributed by atoms with van der Waals surface area (Å²) in [7, 11) is 1.46. The number of hydrogen-bond donors (Lipinski definition) is 2. The van der Waals surface area contributed by atoms with Crippen LogP contribution in [-0.4, -0.2) is 74.3 Å². The third-order valence-corrected chi connectivity index (χ3v) is 14.2. The molecule has 0 saturated carbocycles. The number of allylic oxidation sites excluding steroid dienone is 15. The van der Waals surface area contributed by atoms with Crippen LogP contribution >= 0.6 is 7.82 Å². The van der Waals surface area contributed by atoms with Gasteiger partial charge in [0.1, 0.15) is 19.3 Å². The Balaban J connectivity index is 5.27. The molecule has 0 aromatic rings. The zero-order chi connectivity index (χ0) is 55.7. The summed E-state index contributed by atoms with van der Waals surface area (Å²) in [5, 5.41) is 3.04. The Morgan fingerprint density at radius 1 is 0.474 bits per heavy atom. The fourth-order valence-electron chi connectivity index (χ4n) is 8.47. The maximum Gasteiger partial charge on any atom is 0.472 e. The molecule has 76 heavy (non-hydrogen) atoms. The van der Waals surface area contributed by atoms with E-state index in [2.05, 4.69) is 111 Å². The summed E-state index contributed by atoms with van der Waals surface area (Å²) in [6.45, 7) is 6.86. The summed E-state index contributed by atoms with van der Waals surface area (Å²) in [5.74, 6) is -0.547. The number of carbonyl (C=O) groups excluding carboxylic acids is 2. The van der Waals surface area contributed by atoms with Gasteiger partial charge in [-0.15, -0.1) is 0 Å². The third kappa shape index (κ3) is 55.7. The molecule has 3 atom stereocenters. The van der Waals surface area contributed by atoms with Crippen molar-refractivity contribution < 1.29 is 37.3 Å². The molecule has 0 bridgehead atoms. The molecule has 0 spiro atoms. The smallest absolute Gasteiger partial charge is 0.456 e. The molecular formula is C66H118N2O7P+. The van der Waals surface area contributed by atoms with Crippen molar-refractivity contribution in [1.82, 2.24) is 5.32 Å². The SMILES string of the molecule is CC/C=C\C/C=C\C/C=C\C/C=C\C/C=C\C/C=C\CCCCCCC(=O)OC(/C=C\CCCCCCCCCCC)C(COP(=O)(O)OCC[N+](C)(C)C)NC(=O)CCCCCCC/C=C/CCCCCCCCC. The molecule has 438 valence electrons. The molecule has 0 aliphatic heterocycles. The molecule has 0 fully saturated rings. The first-order valence-electron chi connectivity index (χ1n) is 31.1. The Labute approximate surface area is 468 Å². The summed E-state index contributed by atoms with van der Waals surface area (Å²) >= 11 is 0. The van der Waals surface area contributed by atoms with Crippen molar-refractivity contribution in [3.05, 3.63) is 97.2 Å². The predicted molar refractivity (Wildman–Crippen MR) is 327 cm³/mol. The van der Waals surface area contributed by atoms with Crippen molar-refractivity contribution in [2.24, 2.45) is 0 Å². The average Bonchev–Trinajstić information content (AvgIpc) is 3.38. The van der Waals surface area contributed by atoms with Gasteiger partial charge in [0.25, 0.3) is 0 Å². The molecule has 1 amide bonds. The highest BCUT2D eigenvalue weighted by molar-refractivity contribution is 7.47. The van der Waals surface area contributed by atoms with Crippen molar-refractivity contribution in [2.45, 2.75) is 270 Å². The zero-order valence-corrected chi connectivity index (χ0v) is 50.9. The van der Waals surface area contributed by atoms with E-state index in [0.29, 0.717) is 23.9 Å². The van der Waals surface area contributed by atoms with Gasteiger partial charge in [0, 0.05) is 12.8 Å². The maximum absolute atomic E-state index is 13.5. The van der Waals surface area contributed by atoms with Crippen LogP contribution in [0.5, 0.6) is 0 Å². The van der Waals surface area contributed by atoms with E-state index in [4.69, 9.17) is 13.8 Å². The summed E-state index contributed by atoms with van der Waals surface area (Å²) in [4.78, 5) is 37.7. The second-order valence-electron chi connectivity index (χ2n) is 21.8. The minimum Gasteiger partial charge on any atom is -0.456 e. The highest BCUT2D eigenvalue weighted by atomic mass is 31.2. The van der Waals surface area contributed by atoms with Crippen LogP contribution in [0.25, 0.3) is 0 Å². The second-order valence-corrected chi connectivity index (χ2v) is 23.3. The molecule has 0 heterocycles. The van der Waals surface area contributed by atoms with Gasteiger partial charge in [-0.1, -0.05) is 234 Å². The number of unbranched alkanes of at least 4 members (excludes halogenated alkanes) is 25. The van der Waals surface area contributed by atoms with E-state index in [1.807, 2.05) is 33.3 Å². The first-order chi connectivity index (χ1) is 36.9. The molecule has 2 N–H and O–H groups in total. The van der Waals surface area contributed by atoms with Gasteiger partial charge in [0.2, 0.25) is 5.91 Å². The van der Waals surface area contributed by atoms with Gasteiger partial charge in [-0.2, -0.15) is 0 Å². The van der Waals surface area contributed by atoms with Crippen LogP contribution in [0.3, 0.4) is 0 Å². The number of rotatable bonds is 55. The highest BCUT2D eigenvalue weighted by Gasteiger charge is 2.30. The van der Waals surface area contributed by atoms with Crippen LogP contribution in [0.4, 0.5) is 0 Å². The van der Waals surface area contributed by atoms with Crippen molar-refractivity contribution in [1.29, 1.82) is 0 Å². The Morgan fingerprint density at radius 2 is 0.842 bits per heavy atom. The Morgan fingerprint density at radius 3 is 1.28 bits per heavy atom. The topological polar surface area (TPSA) is 111 Å². The fraction of sp³-hybridized carbons (Fsp3) is 0.727. The normalized spacial score (nSPS) is 14.4. The predicted octanol–water partition coefficient (Wildman–Crippen LogP) is 19.2. The first kappa shape index (κ1) is 72.9. The lowest BCUT2D eigenvalue weighted by Crippen LogP contribution is -2.47. The van der Waals surface area contributed by atoms with E-state index >= 15 is 0 Å². The number of nitrogens with one attached hydrogen (secondary N) is 1. The number of ether oxygens (including phenoxy) is 1. The lowest BCUT2D eigenvalue weighted by atomic mass is 10.1. The van der Waals surface area contributed by atoms with Crippen molar-refractivity contribution in [3.63, 3.8) is 0 Å². The second kappa shape index (κ2) is 55.3. The maximum atomic E-state index is 13.5. The van der Waals surface area contributed by atoms with E-state index in [1.165, 1.54) is 96.3 Å². The molecule has 0 rings (SSSR count). The summed E-state index contributed by atoms with van der Waals surface area (Å²) in [5.41, 5.74) is 0. The number of quaternary nitrogens is 1. The number of hydrogen-bond acceptors (Lipinski definition) is 6. The minimum absolute atomic E-state index is 0.0301. The van der Waals surface area contributed by atoms with Gasteiger partial charge in [-0.25, -0.2) is 4.57 Å². The van der Waals surface area contributed by atoms with Crippen LogP contribution in [-0.2, 0) is 27.9 Å². The van der Waals surface area contributed by atoms with Crippen LogP contribution in [0.15, 0.2) is 97.2 Å². The van der Waals surface area contributed by atoms with Crippen LogP contribution < -0.4 is 5.32 Å². The lowest BCUT2D eigenvalue weighted by Gasteiger charge is -2.27. The first-order valence-corrected chi connectivity index (χ1v) is 32.6. The van der Waals surface area contributed by atoms with Gasteiger partial charge >= 0.3 is 13.8 Å². The number of likely N-dealkylation sites (N-methyl/N-ethyl adjacent to an activating group) is 1.